The van der Waals surface area contributed by atoms with Crippen molar-refractivity contribution >= 4 is 44.9 Å². The number of fused-ring (bicyclic) bond motifs is 1. The summed E-state index contributed by atoms with van der Waals surface area (Å²) in [5.74, 6) is 0. The molecule has 102 valence electrons. The molecule has 0 aliphatic carbocycles. The van der Waals surface area contributed by atoms with Crippen LogP contribution >= 0.6 is 28.3 Å². The summed E-state index contributed by atoms with van der Waals surface area (Å²) in [5, 5.41) is 4.62. The summed E-state index contributed by atoms with van der Waals surface area (Å²) in [6, 6.07) is 6.48. The minimum absolute atomic E-state index is 0. The van der Waals surface area contributed by atoms with Gasteiger partial charge < -0.3 is 10.2 Å². The summed E-state index contributed by atoms with van der Waals surface area (Å²) in [6.45, 7) is 6.29. The van der Waals surface area contributed by atoms with Crippen molar-refractivity contribution < 1.29 is 0 Å². The lowest BCUT2D eigenvalue weighted by molar-refractivity contribution is 0.589. The summed E-state index contributed by atoms with van der Waals surface area (Å²) in [6.07, 6.45) is 1.92. The Morgan fingerprint density at radius 2 is 2.00 bits per heavy atom. The van der Waals surface area contributed by atoms with Crippen LogP contribution in [0.15, 0.2) is 28.9 Å². The number of pyridine rings is 1. The Bertz CT molecular complexity index is 582. The molecule has 1 aromatic heterocycles. The van der Waals surface area contributed by atoms with Gasteiger partial charge in [-0.3, -0.25) is 4.98 Å². The van der Waals surface area contributed by atoms with E-state index in [0.717, 1.165) is 36.2 Å². The van der Waals surface area contributed by atoms with Crippen LogP contribution in [-0.4, -0.2) is 31.2 Å². The fourth-order valence-electron chi connectivity index (χ4n) is 2.47. The van der Waals surface area contributed by atoms with Gasteiger partial charge in [-0.15, -0.1) is 12.4 Å². The third-order valence-electron chi connectivity index (χ3n) is 3.38. The van der Waals surface area contributed by atoms with Crippen molar-refractivity contribution in [1.82, 2.24) is 10.3 Å². The maximum atomic E-state index is 4.51. The standard InChI is InChI=1S/C14H16BrN3.ClH/c1-10-2-3-11-13(8-10)17-9-12(15)14(11)18-6-4-16-5-7-18;/h2-3,8-9,16H,4-7H2,1H3;1H. The Labute approximate surface area is 127 Å². The van der Waals surface area contributed by atoms with E-state index in [0.29, 0.717) is 0 Å². The van der Waals surface area contributed by atoms with Crippen molar-refractivity contribution in [3.05, 3.63) is 34.4 Å². The van der Waals surface area contributed by atoms with Gasteiger partial charge >= 0.3 is 0 Å². The minimum atomic E-state index is 0. The molecule has 2 heterocycles. The van der Waals surface area contributed by atoms with Gasteiger partial charge in [0.2, 0.25) is 0 Å². The molecule has 1 N–H and O–H groups in total. The molecule has 0 saturated carbocycles. The Balaban J connectivity index is 0.00000133. The average Bonchev–Trinajstić information content (AvgIpc) is 2.40. The van der Waals surface area contributed by atoms with E-state index < -0.39 is 0 Å². The van der Waals surface area contributed by atoms with Gasteiger partial charge in [0.1, 0.15) is 0 Å². The number of aromatic nitrogens is 1. The molecule has 2 aromatic rings. The summed E-state index contributed by atoms with van der Waals surface area (Å²) < 4.78 is 1.08. The monoisotopic (exact) mass is 341 g/mol. The SMILES string of the molecule is Cc1ccc2c(N3CCNCC3)c(Br)cnc2c1.Cl. The number of hydrogen-bond donors (Lipinski definition) is 1. The molecular weight excluding hydrogens is 326 g/mol. The van der Waals surface area contributed by atoms with Crippen molar-refractivity contribution in [2.75, 3.05) is 31.1 Å². The van der Waals surface area contributed by atoms with Crippen molar-refractivity contribution in [2.45, 2.75) is 6.92 Å². The molecule has 3 nitrogen and oxygen atoms in total. The first-order valence-electron chi connectivity index (χ1n) is 6.26. The number of nitrogens with zero attached hydrogens (tertiary/aromatic N) is 2. The third kappa shape index (κ3) is 2.86. The summed E-state index contributed by atoms with van der Waals surface area (Å²) in [7, 11) is 0. The molecule has 1 aliphatic rings. The van der Waals surface area contributed by atoms with Gasteiger partial charge in [0, 0.05) is 37.8 Å². The van der Waals surface area contributed by atoms with Gasteiger partial charge in [0.15, 0.2) is 0 Å². The Morgan fingerprint density at radius 3 is 2.74 bits per heavy atom. The van der Waals surface area contributed by atoms with E-state index in [4.69, 9.17) is 0 Å². The number of anilines is 1. The second kappa shape index (κ2) is 6.07. The van der Waals surface area contributed by atoms with Crippen molar-refractivity contribution in [1.29, 1.82) is 0 Å². The van der Waals surface area contributed by atoms with E-state index in [1.54, 1.807) is 0 Å². The highest BCUT2D eigenvalue weighted by atomic mass is 79.9. The lowest BCUT2D eigenvalue weighted by Crippen LogP contribution is -2.43. The third-order valence-corrected chi connectivity index (χ3v) is 3.97. The summed E-state index contributed by atoms with van der Waals surface area (Å²) >= 11 is 3.65. The first kappa shape index (κ1) is 14.6. The number of nitrogens with one attached hydrogen (secondary N) is 1. The maximum absolute atomic E-state index is 4.51. The Morgan fingerprint density at radius 1 is 1.26 bits per heavy atom. The lowest BCUT2D eigenvalue weighted by Gasteiger charge is -2.31. The van der Waals surface area contributed by atoms with Crippen LogP contribution in [0.2, 0.25) is 0 Å². The molecule has 0 bridgehead atoms. The number of rotatable bonds is 1. The van der Waals surface area contributed by atoms with E-state index in [-0.39, 0.29) is 12.4 Å². The number of benzene rings is 1. The van der Waals surface area contributed by atoms with Gasteiger partial charge in [0.25, 0.3) is 0 Å². The first-order chi connectivity index (χ1) is 8.75. The predicted octanol–water partition coefficient (Wildman–Crippen LogP) is 3.14. The van der Waals surface area contributed by atoms with Gasteiger partial charge in [0.05, 0.1) is 15.7 Å². The number of halogens is 2. The Kier molecular flexibility index (Phi) is 4.66. The fraction of sp³-hybridized carbons (Fsp3) is 0.357. The molecule has 1 fully saturated rings. The zero-order valence-electron chi connectivity index (χ0n) is 10.8. The topological polar surface area (TPSA) is 28.2 Å². The smallest absolute Gasteiger partial charge is 0.0726 e. The fourth-order valence-corrected chi connectivity index (χ4v) is 3.04. The molecule has 3 rings (SSSR count). The highest BCUT2D eigenvalue weighted by Crippen LogP contribution is 2.33. The number of hydrogen-bond acceptors (Lipinski definition) is 3. The van der Waals surface area contributed by atoms with Crippen LogP contribution in [0, 0.1) is 6.92 Å². The summed E-state index contributed by atoms with van der Waals surface area (Å²) in [4.78, 5) is 6.94. The molecule has 0 amide bonds. The molecule has 0 atom stereocenters. The number of aryl methyl sites for hydroxylation is 1. The maximum Gasteiger partial charge on any atom is 0.0726 e. The minimum Gasteiger partial charge on any atom is -0.367 e. The van der Waals surface area contributed by atoms with Crippen LogP contribution in [0.5, 0.6) is 0 Å². The summed E-state index contributed by atoms with van der Waals surface area (Å²) in [5.41, 5.74) is 3.61. The predicted molar refractivity (Wildman–Crippen MR) is 86.5 cm³/mol. The van der Waals surface area contributed by atoms with Crippen LogP contribution in [0.25, 0.3) is 10.9 Å². The normalized spacial score (nSPS) is 15.4. The van der Waals surface area contributed by atoms with E-state index in [9.17, 15) is 0 Å². The number of piperazine rings is 1. The van der Waals surface area contributed by atoms with Gasteiger partial charge in [-0.25, -0.2) is 0 Å². The quantitative estimate of drug-likeness (QED) is 0.863. The molecule has 19 heavy (non-hydrogen) atoms. The second-order valence-electron chi connectivity index (χ2n) is 4.71. The largest absolute Gasteiger partial charge is 0.367 e. The molecule has 0 spiro atoms. The molecule has 1 saturated heterocycles. The highest BCUT2D eigenvalue weighted by molar-refractivity contribution is 9.10. The Hall–Kier alpha value is -0.840. The van der Waals surface area contributed by atoms with Crippen LogP contribution in [0.4, 0.5) is 5.69 Å². The van der Waals surface area contributed by atoms with Crippen LogP contribution in [0.1, 0.15) is 5.56 Å². The highest BCUT2D eigenvalue weighted by Gasteiger charge is 2.16. The second-order valence-corrected chi connectivity index (χ2v) is 5.57. The van der Waals surface area contributed by atoms with Crippen LogP contribution in [-0.2, 0) is 0 Å². The van der Waals surface area contributed by atoms with Gasteiger partial charge in [-0.2, -0.15) is 0 Å². The van der Waals surface area contributed by atoms with E-state index in [1.165, 1.54) is 16.6 Å². The zero-order valence-corrected chi connectivity index (χ0v) is 13.2. The lowest BCUT2D eigenvalue weighted by atomic mass is 10.1. The zero-order chi connectivity index (χ0) is 12.5. The average molecular weight is 343 g/mol. The molecule has 0 radical (unpaired) electrons. The molecule has 1 aromatic carbocycles. The first-order valence-corrected chi connectivity index (χ1v) is 7.05. The molecule has 5 heteroatoms. The molecule has 1 aliphatic heterocycles. The van der Waals surface area contributed by atoms with Gasteiger partial charge in [-0.05, 0) is 34.5 Å². The molecule has 0 unspecified atom stereocenters. The van der Waals surface area contributed by atoms with Crippen LogP contribution in [0.3, 0.4) is 0 Å². The molecular formula is C14H17BrClN3. The van der Waals surface area contributed by atoms with Crippen molar-refractivity contribution in [3.63, 3.8) is 0 Å². The van der Waals surface area contributed by atoms with E-state index in [2.05, 4.69) is 56.3 Å². The van der Waals surface area contributed by atoms with Gasteiger partial charge in [-0.1, -0.05) is 12.1 Å². The van der Waals surface area contributed by atoms with E-state index >= 15 is 0 Å². The van der Waals surface area contributed by atoms with Crippen molar-refractivity contribution in [2.24, 2.45) is 0 Å². The van der Waals surface area contributed by atoms with E-state index in [1.807, 2.05) is 6.20 Å². The van der Waals surface area contributed by atoms with Crippen molar-refractivity contribution in [3.8, 4) is 0 Å². The van der Waals surface area contributed by atoms with Crippen LogP contribution < -0.4 is 10.2 Å².